The molecule has 2 atom stereocenters. The molecule has 3 aromatic heterocycles. The first kappa shape index (κ1) is 20.4. The van der Waals surface area contributed by atoms with Crippen LogP contribution >= 0.6 is 0 Å². The van der Waals surface area contributed by atoms with Crippen molar-refractivity contribution >= 4 is 28.0 Å². The first-order valence-corrected chi connectivity index (χ1v) is 10.5. The van der Waals surface area contributed by atoms with E-state index in [1.165, 1.54) is 18.5 Å². The van der Waals surface area contributed by atoms with Crippen molar-refractivity contribution < 1.29 is 9.50 Å². The number of nitrogens with zero attached hydrogens (tertiary/aromatic N) is 6. The van der Waals surface area contributed by atoms with Gasteiger partial charge in [-0.2, -0.15) is 0 Å². The van der Waals surface area contributed by atoms with E-state index in [1.54, 1.807) is 12.4 Å². The number of imidazole rings is 2. The Hall–Kier alpha value is -3.55. The van der Waals surface area contributed by atoms with Gasteiger partial charge >= 0.3 is 0 Å². The van der Waals surface area contributed by atoms with E-state index in [9.17, 15) is 9.50 Å². The van der Waals surface area contributed by atoms with Crippen molar-refractivity contribution in [2.75, 3.05) is 31.6 Å². The second kappa shape index (κ2) is 8.53. The summed E-state index contributed by atoms with van der Waals surface area (Å²) in [7, 11) is 0. The fourth-order valence-electron chi connectivity index (χ4n) is 4.45. The third kappa shape index (κ3) is 3.66. The maximum Gasteiger partial charge on any atom is 0.182 e. The van der Waals surface area contributed by atoms with Crippen LogP contribution in [0.1, 0.15) is 30.7 Å². The van der Waals surface area contributed by atoms with Crippen LogP contribution in [-0.4, -0.2) is 65.7 Å². The van der Waals surface area contributed by atoms with E-state index in [1.807, 2.05) is 4.57 Å². The molecule has 0 spiro atoms. The standard InChI is InChI=1S/C22H23FN8O/c1-2-16(28-21-19-20(25-12-24-19)26-13-27-21)22-29-17-6-5-14(23)10-18(17)31(22)15-4-3-7-30(11-15)8-9-32/h1,5-6,10,12-13,15-16,32H,3-4,7-9,11H2,(H2,24,25,26,27,28). The van der Waals surface area contributed by atoms with E-state index in [2.05, 4.69) is 36.1 Å². The third-order valence-corrected chi connectivity index (χ3v) is 5.87. The van der Waals surface area contributed by atoms with Crippen molar-refractivity contribution in [2.24, 2.45) is 0 Å². The van der Waals surface area contributed by atoms with E-state index in [-0.39, 0.29) is 18.5 Å². The van der Waals surface area contributed by atoms with E-state index < -0.39 is 6.04 Å². The number of β-amino-alcohol motifs (C(OH)–C–C–N with tert-alkyl or cyclic N) is 1. The number of hydrogen-bond acceptors (Lipinski definition) is 7. The second-order valence-electron chi connectivity index (χ2n) is 7.86. The van der Waals surface area contributed by atoms with Crippen LogP contribution in [0.3, 0.4) is 0 Å². The summed E-state index contributed by atoms with van der Waals surface area (Å²) in [4.78, 5) is 22.6. The van der Waals surface area contributed by atoms with Gasteiger partial charge in [-0.15, -0.1) is 6.42 Å². The van der Waals surface area contributed by atoms with Crippen LogP contribution in [0.5, 0.6) is 0 Å². The number of fused-ring (bicyclic) bond motifs is 2. The molecule has 1 aromatic carbocycles. The SMILES string of the molecule is C#CC(Nc1ncnc2nc[nH]c12)c1nc2ccc(F)cc2n1C1CCCN(CCO)C1. The number of aliphatic hydroxyl groups is 1. The van der Waals surface area contributed by atoms with Gasteiger partial charge in [0.15, 0.2) is 11.5 Å². The van der Waals surface area contributed by atoms with E-state index in [4.69, 9.17) is 11.4 Å². The number of aromatic nitrogens is 6. The molecule has 0 radical (unpaired) electrons. The topological polar surface area (TPSA) is 108 Å². The van der Waals surface area contributed by atoms with Crippen LogP contribution in [0.15, 0.2) is 30.9 Å². The predicted molar refractivity (Wildman–Crippen MR) is 118 cm³/mol. The van der Waals surface area contributed by atoms with Crippen molar-refractivity contribution in [3.63, 3.8) is 0 Å². The average molecular weight is 434 g/mol. The minimum Gasteiger partial charge on any atom is -0.395 e. The molecule has 0 saturated carbocycles. The highest BCUT2D eigenvalue weighted by Gasteiger charge is 2.28. The summed E-state index contributed by atoms with van der Waals surface area (Å²) in [6.07, 6.45) is 10.8. The van der Waals surface area contributed by atoms with Gasteiger partial charge in [0.2, 0.25) is 0 Å². The lowest BCUT2D eigenvalue weighted by atomic mass is 10.0. The molecule has 10 heteroatoms. The Bertz CT molecular complexity index is 1290. The zero-order valence-corrected chi connectivity index (χ0v) is 17.4. The number of hydrogen-bond donors (Lipinski definition) is 3. The quantitative estimate of drug-likeness (QED) is 0.400. The smallest absolute Gasteiger partial charge is 0.182 e. The van der Waals surface area contributed by atoms with Gasteiger partial charge in [-0.3, -0.25) is 4.90 Å². The maximum absolute atomic E-state index is 14.2. The van der Waals surface area contributed by atoms with Crippen molar-refractivity contribution in [2.45, 2.75) is 24.9 Å². The molecule has 0 amide bonds. The van der Waals surface area contributed by atoms with Crippen molar-refractivity contribution in [1.82, 2.24) is 34.4 Å². The molecule has 5 rings (SSSR count). The number of anilines is 1. The Morgan fingerprint density at radius 2 is 2.25 bits per heavy atom. The van der Waals surface area contributed by atoms with Gasteiger partial charge in [0.05, 0.1) is 24.0 Å². The summed E-state index contributed by atoms with van der Waals surface area (Å²) in [5.74, 6) is 3.59. The molecule has 0 bridgehead atoms. The molecule has 32 heavy (non-hydrogen) atoms. The van der Waals surface area contributed by atoms with Gasteiger partial charge in [-0.25, -0.2) is 24.3 Å². The number of rotatable bonds is 6. The molecular weight excluding hydrogens is 411 g/mol. The number of benzene rings is 1. The molecule has 0 aliphatic carbocycles. The average Bonchev–Trinajstić information content (AvgIpc) is 3.43. The molecule has 9 nitrogen and oxygen atoms in total. The summed E-state index contributed by atoms with van der Waals surface area (Å²) in [5.41, 5.74) is 2.55. The highest BCUT2D eigenvalue weighted by atomic mass is 19.1. The van der Waals surface area contributed by atoms with Crippen LogP contribution in [0.4, 0.5) is 10.2 Å². The molecule has 4 heterocycles. The van der Waals surface area contributed by atoms with E-state index in [0.29, 0.717) is 40.4 Å². The molecule has 1 aliphatic heterocycles. The zero-order valence-electron chi connectivity index (χ0n) is 17.4. The Labute approximate surface area is 183 Å². The fourth-order valence-corrected chi connectivity index (χ4v) is 4.45. The van der Waals surface area contributed by atoms with Gasteiger partial charge in [-0.05, 0) is 37.6 Å². The van der Waals surface area contributed by atoms with Crippen molar-refractivity contribution in [3.8, 4) is 12.3 Å². The number of nitrogens with one attached hydrogen (secondary N) is 2. The Morgan fingerprint density at radius 3 is 3.09 bits per heavy atom. The highest BCUT2D eigenvalue weighted by Crippen LogP contribution is 2.32. The second-order valence-corrected chi connectivity index (χ2v) is 7.86. The lowest BCUT2D eigenvalue weighted by Crippen LogP contribution is -2.39. The monoisotopic (exact) mass is 434 g/mol. The number of piperidine rings is 1. The van der Waals surface area contributed by atoms with Crippen molar-refractivity contribution in [1.29, 1.82) is 0 Å². The minimum atomic E-state index is -0.611. The number of terminal acetylenes is 1. The zero-order chi connectivity index (χ0) is 22.1. The lowest BCUT2D eigenvalue weighted by Gasteiger charge is -2.34. The fraction of sp³-hybridized carbons (Fsp3) is 0.364. The molecule has 164 valence electrons. The number of halogens is 1. The van der Waals surface area contributed by atoms with Crippen LogP contribution < -0.4 is 5.32 Å². The predicted octanol–water partition coefficient (Wildman–Crippen LogP) is 2.26. The number of aromatic amines is 1. The highest BCUT2D eigenvalue weighted by molar-refractivity contribution is 5.82. The van der Waals surface area contributed by atoms with Crippen LogP contribution in [-0.2, 0) is 0 Å². The summed E-state index contributed by atoms with van der Waals surface area (Å²) in [5, 5.41) is 12.7. The van der Waals surface area contributed by atoms with Gasteiger partial charge in [0, 0.05) is 19.1 Å². The Morgan fingerprint density at radius 1 is 1.34 bits per heavy atom. The first-order chi connectivity index (χ1) is 15.7. The summed E-state index contributed by atoms with van der Waals surface area (Å²) < 4.78 is 16.2. The van der Waals surface area contributed by atoms with Gasteiger partial charge in [-0.1, -0.05) is 5.92 Å². The third-order valence-electron chi connectivity index (χ3n) is 5.87. The maximum atomic E-state index is 14.2. The van der Waals surface area contributed by atoms with Crippen molar-refractivity contribution in [3.05, 3.63) is 42.5 Å². The van der Waals surface area contributed by atoms with Gasteiger partial charge < -0.3 is 20.0 Å². The molecular formula is C22H23FN8O. The summed E-state index contributed by atoms with van der Waals surface area (Å²) >= 11 is 0. The molecule has 4 aromatic rings. The number of aliphatic hydroxyl groups excluding tert-OH is 1. The largest absolute Gasteiger partial charge is 0.395 e. The molecule has 1 aliphatic rings. The van der Waals surface area contributed by atoms with Crippen LogP contribution in [0.2, 0.25) is 0 Å². The summed E-state index contributed by atoms with van der Waals surface area (Å²) in [6, 6.07) is 4.01. The normalized spacial score (nSPS) is 18.1. The Balaban J connectivity index is 1.58. The van der Waals surface area contributed by atoms with E-state index in [0.717, 1.165) is 25.9 Å². The number of likely N-dealkylation sites (tertiary alicyclic amines) is 1. The minimum absolute atomic E-state index is 0.0484. The van der Waals surface area contributed by atoms with Crippen LogP contribution in [0.25, 0.3) is 22.2 Å². The summed E-state index contributed by atoms with van der Waals surface area (Å²) in [6.45, 7) is 2.35. The Kier molecular flexibility index (Phi) is 5.43. The molecule has 2 unspecified atom stereocenters. The first-order valence-electron chi connectivity index (χ1n) is 10.5. The molecule has 1 fully saturated rings. The molecule has 1 saturated heterocycles. The van der Waals surface area contributed by atoms with Gasteiger partial charge in [0.25, 0.3) is 0 Å². The molecule has 3 N–H and O–H groups in total. The van der Waals surface area contributed by atoms with E-state index >= 15 is 0 Å². The van der Waals surface area contributed by atoms with Gasteiger partial charge in [0.1, 0.15) is 29.5 Å². The number of H-pyrrole nitrogens is 1. The lowest BCUT2D eigenvalue weighted by molar-refractivity contribution is 0.142. The van der Waals surface area contributed by atoms with Crippen LogP contribution in [0, 0.1) is 18.2 Å².